The van der Waals surface area contributed by atoms with Gasteiger partial charge in [-0.1, -0.05) is 102 Å². The van der Waals surface area contributed by atoms with E-state index in [4.69, 9.17) is 32.4 Å². The lowest BCUT2D eigenvalue weighted by molar-refractivity contribution is -0.138. The summed E-state index contributed by atoms with van der Waals surface area (Å²) in [5.41, 5.74) is 31.2. The summed E-state index contributed by atoms with van der Waals surface area (Å²) >= 11 is 0. The van der Waals surface area contributed by atoms with Gasteiger partial charge in [-0.25, -0.2) is 19.3 Å². The molecule has 0 aliphatic carbocycles. The van der Waals surface area contributed by atoms with Crippen molar-refractivity contribution in [3.8, 4) is 104 Å². The Morgan fingerprint density at radius 2 is 0.797 bits per heavy atom. The number of imidazole rings is 2. The lowest BCUT2D eigenvalue weighted by Gasteiger charge is -2.26. The fraction of sp³-hybridized carbons (Fsp3) is 0.275. The predicted octanol–water partition coefficient (Wildman–Crippen LogP) is 4.69. The third kappa shape index (κ3) is 19.6. The van der Waals surface area contributed by atoms with E-state index in [-0.39, 0.29) is 60.5 Å². The van der Waals surface area contributed by atoms with E-state index < -0.39 is 57.8 Å². The number of morpholine rings is 2. The molecule has 0 bridgehead atoms. The molecule has 12 N–H and O–H groups in total. The molecule has 6 aliphatic heterocycles. The summed E-state index contributed by atoms with van der Waals surface area (Å²) in [6.45, 7) is 9.69. The summed E-state index contributed by atoms with van der Waals surface area (Å²) < 4.78 is 21.0. The Balaban J connectivity index is 0.000000127. The molecule has 6 fully saturated rings. The molecule has 36 nitrogen and oxygen atoms in total. The molecule has 0 unspecified atom stereocenters. The van der Waals surface area contributed by atoms with Gasteiger partial charge in [0.1, 0.15) is 0 Å². The minimum Gasteiger partial charge on any atom is -0.379 e. The van der Waals surface area contributed by atoms with Gasteiger partial charge in [0.15, 0.2) is 11.4 Å². The van der Waals surface area contributed by atoms with Gasteiger partial charge >= 0.3 is 0 Å². The number of aryl methyl sites for hydroxylation is 2. The van der Waals surface area contributed by atoms with Crippen LogP contribution in [0.2, 0.25) is 0 Å². The van der Waals surface area contributed by atoms with Gasteiger partial charge in [-0.2, -0.15) is 20.4 Å². The van der Waals surface area contributed by atoms with E-state index >= 15 is 0 Å². The van der Waals surface area contributed by atoms with Crippen molar-refractivity contribution >= 4 is 80.1 Å². The van der Waals surface area contributed by atoms with Crippen LogP contribution in [0, 0.1) is 47.4 Å². The second kappa shape index (κ2) is 38.6. The highest BCUT2D eigenvalue weighted by Gasteiger charge is 2.46. The number of benzene rings is 6. The zero-order valence-electron chi connectivity index (χ0n) is 76.4. The molecule has 0 radical (unpaired) electrons. The van der Waals surface area contributed by atoms with Crippen LogP contribution in [-0.4, -0.2) is 284 Å². The topological polar surface area (TPSA) is 465 Å². The zero-order valence-corrected chi connectivity index (χ0v) is 76.4. The van der Waals surface area contributed by atoms with Crippen LogP contribution in [0.4, 0.5) is 0 Å². The van der Waals surface area contributed by atoms with Crippen molar-refractivity contribution in [1.82, 2.24) is 87.3 Å². The number of fused-ring (bicyclic) bond motifs is 4. The summed E-state index contributed by atoms with van der Waals surface area (Å²) in [6.07, 6.45) is 10.3. The number of aromatic nitrogens is 12. The first-order valence-electron chi connectivity index (χ1n) is 44.5. The summed E-state index contributed by atoms with van der Waals surface area (Å²) in [5.74, 6) is 18.9. The number of aliphatic hydroxyl groups is 4. The van der Waals surface area contributed by atoms with E-state index in [1.807, 2.05) is 154 Å². The highest BCUT2D eigenvalue weighted by Crippen LogP contribution is 2.35. The summed E-state index contributed by atoms with van der Waals surface area (Å²) in [6, 6.07) is 50.3. The average molecular weight is 1860 g/mol. The summed E-state index contributed by atoms with van der Waals surface area (Å²) in [7, 11) is 10.3. The van der Waals surface area contributed by atoms with Crippen LogP contribution in [0.5, 0.6) is 0 Å². The molecule has 14 aromatic rings. The van der Waals surface area contributed by atoms with Gasteiger partial charge in [0.25, 0.3) is 47.3 Å². The van der Waals surface area contributed by atoms with Crippen molar-refractivity contribution < 1.29 is 68.3 Å². The number of pyridine rings is 2. The van der Waals surface area contributed by atoms with Crippen LogP contribution < -0.4 is 22.9 Å². The fourth-order valence-electron chi connectivity index (χ4n) is 17.2. The molecule has 6 saturated heterocycles. The molecule has 4 atom stereocenters. The molecule has 6 aromatic carbocycles. The Bertz CT molecular complexity index is 7300. The number of primary amides is 4. The lowest BCUT2D eigenvalue weighted by Crippen LogP contribution is -2.37. The quantitative estimate of drug-likeness (QED) is 0.0684. The summed E-state index contributed by atoms with van der Waals surface area (Å²) in [5, 5.41) is 61.1. The van der Waals surface area contributed by atoms with Gasteiger partial charge < -0.3 is 72.4 Å². The number of nitrogens with zero attached hydrogens (tertiary/aromatic N) is 18. The predicted molar refractivity (Wildman–Crippen MR) is 510 cm³/mol. The zero-order chi connectivity index (χ0) is 97.2. The molecule has 700 valence electrons. The van der Waals surface area contributed by atoms with E-state index in [1.165, 1.54) is 19.6 Å². The lowest BCUT2D eigenvalue weighted by atomic mass is 10.0. The van der Waals surface area contributed by atoms with Gasteiger partial charge in [-0.05, 0) is 126 Å². The molecule has 6 aliphatic rings. The number of carbonyl (C=O) groups is 8. The molecular weight excluding hydrogens is 1760 g/mol. The first kappa shape index (κ1) is 93.5. The van der Waals surface area contributed by atoms with Crippen molar-refractivity contribution in [2.24, 2.45) is 37.0 Å². The Labute approximate surface area is 791 Å². The van der Waals surface area contributed by atoms with E-state index in [9.17, 15) is 58.8 Å². The average Bonchev–Trinajstić information content (AvgIpc) is 1.62. The monoisotopic (exact) mass is 1850 g/mol. The SMILES string of the molecule is CN1CC[C@@](O)(C#Cc2cccc(-c3nc(C(N)=O)n4cc(CN5CCOCC5)ccc34)c2)C1=O.CN1CC[C@@](O)(C#Cc2cccc(-c3nc(C(N)=O)n4ccc(CN5CCOCC5)cc34)c2)C1=O.CN1CC[C@@](O)(C#Cc2cccc(-n3nc(C(N)=O)c4cc(-c5ccn(C)n5)ccc43)c2)C1=O.CN1CC[C@@](O)(C#Cc2cccc(-n3nc(C(N)=O)c4cc(-c5cnn(C)c5)ccc43)c2)C1=O. The number of ether oxygens (including phenoxy) is 2. The Morgan fingerprint density at radius 3 is 1.21 bits per heavy atom. The molecule has 8 amide bonds. The standard InChI is InChI=1S/2C26H27N5O4.2C25H22N6O3/c1-29-10-8-26(34,25(29)33)7-5-18-3-2-4-20(15-18)22-21-16-19(17-30-11-13-35-14-12-30)6-9-31(21)24(28-22)23(27)32;1-29-10-9-26(34,25(29)33)8-7-18-3-2-4-20(15-18)22-21-6-5-19(16-30-11-13-35-14-12-30)17-31(21)24(28-22)23(27)32;1-29-13-11-25(34,24(29)33)10-8-16-4-3-5-18(14-16)31-21-7-6-17(20-9-12-30(2)27-20)15-19(21)22(28-31)23(26)32;1-29-11-10-25(34,24(29)33)9-8-16-4-3-5-19(12-16)31-21-7-6-17(18-14-27-30(2)15-18)13-20(21)22(28-31)23(26)32/h2-4,6,9,15-16,34H,8,10-14,17H2,1H3,(H2,27,32);2-6,15,17,34H,9-14,16H2,1H3,(H2,27,32);3-7,9,12,14-15,34H,11,13H2,1-2H3,(H2,26,32);3-7,12-15,34H,10-11H2,1-2H3,(H2,26,32)/t2*26-;2*25-/m0000/s1. The van der Waals surface area contributed by atoms with Crippen molar-refractivity contribution in [2.45, 2.75) is 61.2 Å². The molecule has 36 heteroatoms. The number of likely N-dealkylation sites (tertiary alicyclic amines) is 4. The minimum atomic E-state index is -1.68. The van der Waals surface area contributed by atoms with Gasteiger partial charge in [-0.3, -0.25) is 66.3 Å². The number of hydrogen-bond acceptors (Lipinski definition) is 22. The number of hydrogen-bond donors (Lipinski definition) is 8. The number of amides is 8. The number of carbonyl (C=O) groups excluding carboxylic acids is 8. The second-order valence-corrected chi connectivity index (χ2v) is 34.8. The van der Waals surface area contributed by atoms with Crippen molar-refractivity contribution in [3.05, 3.63) is 251 Å². The third-order valence-corrected chi connectivity index (χ3v) is 24.9. The molecule has 0 spiro atoms. The molecule has 8 aromatic heterocycles. The highest BCUT2D eigenvalue weighted by molar-refractivity contribution is 6.07. The largest absolute Gasteiger partial charge is 0.379 e. The maximum Gasteiger partial charge on any atom is 0.285 e. The van der Waals surface area contributed by atoms with Gasteiger partial charge in [0, 0.05) is 213 Å². The van der Waals surface area contributed by atoms with E-state index in [2.05, 4.69) is 87.5 Å². The van der Waals surface area contributed by atoms with Crippen molar-refractivity contribution in [3.63, 3.8) is 0 Å². The normalized spacial score (nSPS) is 19.3. The molecule has 138 heavy (non-hydrogen) atoms. The number of likely N-dealkylation sites (N-methyl/N-ethyl adjacent to an activating group) is 4. The maximum atomic E-state index is 12.2. The Morgan fingerprint density at radius 1 is 0.384 bits per heavy atom. The van der Waals surface area contributed by atoms with Gasteiger partial charge in [0.2, 0.25) is 34.1 Å². The van der Waals surface area contributed by atoms with Crippen molar-refractivity contribution in [2.75, 3.05) is 107 Å². The van der Waals surface area contributed by atoms with Crippen LogP contribution in [0.3, 0.4) is 0 Å². The van der Waals surface area contributed by atoms with Gasteiger partial charge in [0.05, 0.1) is 83.1 Å². The van der Waals surface area contributed by atoms with Gasteiger partial charge in [-0.15, -0.1) is 0 Å². The minimum absolute atomic E-state index is 0.151. The summed E-state index contributed by atoms with van der Waals surface area (Å²) in [4.78, 5) is 117. The van der Waals surface area contributed by atoms with Crippen LogP contribution in [0.1, 0.15) is 101 Å². The molecular formula is C102H98N22O14. The van der Waals surface area contributed by atoms with Crippen LogP contribution in [0.15, 0.2) is 195 Å². The Kier molecular flexibility index (Phi) is 26.2. The molecule has 0 saturated carbocycles. The molecule has 14 heterocycles. The third-order valence-electron chi connectivity index (χ3n) is 24.9. The van der Waals surface area contributed by atoms with Crippen LogP contribution in [-0.2, 0) is 55.8 Å². The molecule has 20 rings (SSSR count). The number of rotatable bonds is 14. The second-order valence-electron chi connectivity index (χ2n) is 34.8. The first-order chi connectivity index (χ1) is 66.2. The van der Waals surface area contributed by atoms with Crippen molar-refractivity contribution in [1.29, 1.82) is 0 Å². The number of nitrogens with two attached hydrogens (primary N) is 4. The Hall–Kier alpha value is -16.3. The van der Waals surface area contributed by atoms with E-state index in [0.717, 1.165) is 108 Å². The van der Waals surface area contributed by atoms with Crippen LogP contribution >= 0.6 is 0 Å². The highest BCUT2D eigenvalue weighted by atomic mass is 16.5. The fourth-order valence-corrected chi connectivity index (χ4v) is 17.2. The smallest absolute Gasteiger partial charge is 0.285 e. The van der Waals surface area contributed by atoms with E-state index in [1.54, 1.807) is 110 Å². The van der Waals surface area contributed by atoms with Crippen LogP contribution in [0.25, 0.3) is 89.1 Å². The maximum absolute atomic E-state index is 12.2. The van der Waals surface area contributed by atoms with E-state index in [0.29, 0.717) is 106 Å². The first-order valence-corrected chi connectivity index (χ1v) is 44.5.